The molecule has 2 N–H and O–H groups in total. The minimum Gasteiger partial charge on any atom is -0.378 e. The summed E-state index contributed by atoms with van der Waals surface area (Å²) in [4.78, 5) is 22.2. The maximum Gasteiger partial charge on any atom is 0.293 e. The maximum atomic E-state index is 13.4. The van der Waals surface area contributed by atoms with Crippen molar-refractivity contribution in [3.8, 4) is 6.07 Å². The predicted molar refractivity (Wildman–Crippen MR) is 85.0 cm³/mol. The summed E-state index contributed by atoms with van der Waals surface area (Å²) in [6.45, 7) is 0.345. The van der Waals surface area contributed by atoms with Crippen molar-refractivity contribution in [1.29, 1.82) is 5.26 Å². The Bertz CT molecular complexity index is 817. The van der Waals surface area contributed by atoms with Crippen LogP contribution in [-0.2, 0) is 0 Å². The third-order valence-electron chi connectivity index (χ3n) is 3.17. The Balaban J connectivity index is 1.93. The Hall–Kier alpha value is -3.47. The standard InChI is InChI=1S/C16H13FN4O3/c17-13-4-2-1-3-12(13)16(22)20-8-7-19-14-6-5-11(10-18)9-15(14)21(23)24/h1-6,9,19H,7-8H2,(H,20,22). The van der Waals surface area contributed by atoms with E-state index in [1.165, 1.54) is 36.4 Å². The molecule has 1 amide bonds. The molecule has 0 aliphatic carbocycles. The van der Waals surface area contributed by atoms with Crippen LogP contribution in [0.4, 0.5) is 15.8 Å². The SMILES string of the molecule is N#Cc1ccc(NCCNC(=O)c2ccccc2F)c([N+](=O)[O-])c1. The van der Waals surface area contributed by atoms with Crippen molar-refractivity contribution < 1.29 is 14.1 Å². The van der Waals surface area contributed by atoms with E-state index in [0.29, 0.717) is 0 Å². The van der Waals surface area contributed by atoms with E-state index in [-0.39, 0.29) is 35.6 Å². The first-order chi connectivity index (χ1) is 11.5. The van der Waals surface area contributed by atoms with Crippen LogP contribution in [0.25, 0.3) is 0 Å². The van der Waals surface area contributed by atoms with Gasteiger partial charge in [0, 0.05) is 19.2 Å². The van der Waals surface area contributed by atoms with Gasteiger partial charge < -0.3 is 10.6 Å². The number of nitro benzene ring substituents is 1. The van der Waals surface area contributed by atoms with Gasteiger partial charge in [0.1, 0.15) is 11.5 Å². The van der Waals surface area contributed by atoms with Crippen LogP contribution in [0, 0.1) is 27.3 Å². The molecule has 122 valence electrons. The van der Waals surface area contributed by atoms with Crippen LogP contribution >= 0.6 is 0 Å². The number of nitrogens with zero attached hydrogens (tertiary/aromatic N) is 2. The minimum absolute atomic E-state index is 0.0677. The van der Waals surface area contributed by atoms with Gasteiger partial charge in [-0.15, -0.1) is 0 Å². The van der Waals surface area contributed by atoms with Gasteiger partial charge in [-0.05, 0) is 24.3 Å². The second kappa shape index (κ2) is 7.69. The number of rotatable bonds is 6. The molecule has 0 radical (unpaired) electrons. The van der Waals surface area contributed by atoms with Crippen LogP contribution < -0.4 is 10.6 Å². The van der Waals surface area contributed by atoms with Crippen molar-refractivity contribution in [3.63, 3.8) is 0 Å². The summed E-state index contributed by atoms with van der Waals surface area (Å²) in [5.41, 5.74) is 0.121. The molecule has 0 saturated carbocycles. The Morgan fingerprint density at radius 3 is 2.67 bits per heavy atom. The molecule has 0 aliphatic rings. The van der Waals surface area contributed by atoms with E-state index in [1.54, 1.807) is 6.07 Å². The lowest BCUT2D eigenvalue weighted by atomic mass is 10.2. The lowest BCUT2D eigenvalue weighted by molar-refractivity contribution is -0.384. The molecular weight excluding hydrogens is 315 g/mol. The highest BCUT2D eigenvalue weighted by Gasteiger charge is 2.14. The molecule has 2 aromatic carbocycles. The Labute approximate surface area is 136 Å². The van der Waals surface area contributed by atoms with E-state index >= 15 is 0 Å². The lowest BCUT2D eigenvalue weighted by Gasteiger charge is -2.09. The molecule has 0 aliphatic heterocycles. The van der Waals surface area contributed by atoms with Gasteiger partial charge in [-0.3, -0.25) is 14.9 Å². The highest BCUT2D eigenvalue weighted by molar-refractivity contribution is 5.94. The molecule has 0 fully saturated rings. The van der Waals surface area contributed by atoms with Crippen LogP contribution in [0.5, 0.6) is 0 Å². The average molecular weight is 328 g/mol. The Kier molecular flexibility index (Phi) is 5.41. The van der Waals surface area contributed by atoms with Crippen molar-refractivity contribution >= 4 is 17.3 Å². The second-order valence-electron chi connectivity index (χ2n) is 4.76. The summed E-state index contributed by atoms with van der Waals surface area (Å²) in [7, 11) is 0. The molecule has 2 aromatic rings. The van der Waals surface area contributed by atoms with Gasteiger partial charge >= 0.3 is 0 Å². The topological polar surface area (TPSA) is 108 Å². The highest BCUT2D eigenvalue weighted by Crippen LogP contribution is 2.24. The molecule has 0 atom stereocenters. The summed E-state index contributed by atoms with van der Waals surface area (Å²) < 4.78 is 13.4. The van der Waals surface area contributed by atoms with E-state index in [9.17, 15) is 19.3 Å². The highest BCUT2D eigenvalue weighted by atomic mass is 19.1. The molecule has 8 heteroatoms. The first kappa shape index (κ1) is 16.9. The monoisotopic (exact) mass is 328 g/mol. The van der Waals surface area contributed by atoms with Gasteiger partial charge in [-0.2, -0.15) is 5.26 Å². The van der Waals surface area contributed by atoms with Crippen molar-refractivity contribution in [1.82, 2.24) is 5.32 Å². The molecular formula is C16H13FN4O3. The number of carbonyl (C=O) groups excluding carboxylic acids is 1. The zero-order chi connectivity index (χ0) is 17.5. The molecule has 0 saturated heterocycles. The van der Waals surface area contributed by atoms with Gasteiger partial charge in [-0.25, -0.2) is 4.39 Å². The number of nitro groups is 1. The number of hydrogen-bond donors (Lipinski definition) is 2. The van der Waals surface area contributed by atoms with Crippen LogP contribution in [0.3, 0.4) is 0 Å². The number of nitriles is 1. The first-order valence-corrected chi connectivity index (χ1v) is 6.98. The van der Waals surface area contributed by atoms with E-state index in [2.05, 4.69) is 10.6 Å². The summed E-state index contributed by atoms with van der Waals surface area (Å²) in [5.74, 6) is -1.19. The summed E-state index contributed by atoms with van der Waals surface area (Å²) in [6, 6.07) is 11.5. The van der Waals surface area contributed by atoms with Crippen LogP contribution in [-0.4, -0.2) is 23.9 Å². The van der Waals surface area contributed by atoms with Crippen molar-refractivity contribution in [2.45, 2.75) is 0 Å². The fraction of sp³-hybridized carbons (Fsp3) is 0.125. The molecule has 2 rings (SSSR count). The van der Waals surface area contributed by atoms with E-state index in [4.69, 9.17) is 5.26 Å². The average Bonchev–Trinajstić information content (AvgIpc) is 2.58. The Morgan fingerprint density at radius 2 is 2.00 bits per heavy atom. The molecule has 24 heavy (non-hydrogen) atoms. The van der Waals surface area contributed by atoms with Gasteiger partial charge in [0.2, 0.25) is 0 Å². The smallest absolute Gasteiger partial charge is 0.293 e. The van der Waals surface area contributed by atoms with Crippen LogP contribution in [0.15, 0.2) is 42.5 Å². The second-order valence-corrected chi connectivity index (χ2v) is 4.76. The number of nitrogens with one attached hydrogen (secondary N) is 2. The quantitative estimate of drug-likeness (QED) is 0.481. The third kappa shape index (κ3) is 4.04. The molecule has 7 nitrogen and oxygen atoms in total. The lowest BCUT2D eigenvalue weighted by Crippen LogP contribution is -2.29. The summed E-state index contributed by atoms with van der Waals surface area (Å²) >= 11 is 0. The number of benzene rings is 2. The van der Waals surface area contributed by atoms with Gasteiger partial charge in [0.05, 0.1) is 22.1 Å². The summed E-state index contributed by atoms with van der Waals surface area (Å²) in [5, 5.41) is 25.1. The number of hydrogen-bond acceptors (Lipinski definition) is 5. The zero-order valence-corrected chi connectivity index (χ0v) is 12.5. The maximum absolute atomic E-state index is 13.4. The van der Waals surface area contributed by atoms with Gasteiger partial charge in [-0.1, -0.05) is 12.1 Å². The third-order valence-corrected chi connectivity index (χ3v) is 3.17. The minimum atomic E-state index is -0.620. The van der Waals surface area contributed by atoms with Crippen LogP contribution in [0.1, 0.15) is 15.9 Å². The number of amides is 1. The summed E-state index contributed by atoms with van der Waals surface area (Å²) in [6.07, 6.45) is 0. The number of carbonyl (C=O) groups is 1. The van der Waals surface area contributed by atoms with E-state index in [0.717, 1.165) is 0 Å². The largest absolute Gasteiger partial charge is 0.378 e. The molecule has 0 bridgehead atoms. The molecule has 0 aromatic heterocycles. The fourth-order valence-electron chi connectivity index (χ4n) is 2.02. The zero-order valence-electron chi connectivity index (χ0n) is 12.5. The Morgan fingerprint density at radius 1 is 1.25 bits per heavy atom. The van der Waals surface area contributed by atoms with Crippen molar-refractivity contribution in [3.05, 3.63) is 69.5 Å². The molecule has 0 heterocycles. The molecule has 0 unspecified atom stereocenters. The number of anilines is 1. The van der Waals surface area contributed by atoms with E-state index in [1.807, 2.05) is 6.07 Å². The van der Waals surface area contributed by atoms with E-state index < -0.39 is 16.6 Å². The number of halogens is 1. The first-order valence-electron chi connectivity index (χ1n) is 6.98. The van der Waals surface area contributed by atoms with Gasteiger partial charge in [0.25, 0.3) is 11.6 Å². The fourth-order valence-corrected chi connectivity index (χ4v) is 2.02. The molecule has 0 spiro atoms. The van der Waals surface area contributed by atoms with Gasteiger partial charge in [0.15, 0.2) is 0 Å². The van der Waals surface area contributed by atoms with Crippen molar-refractivity contribution in [2.24, 2.45) is 0 Å². The van der Waals surface area contributed by atoms with Crippen molar-refractivity contribution in [2.75, 3.05) is 18.4 Å². The van der Waals surface area contributed by atoms with Crippen LogP contribution in [0.2, 0.25) is 0 Å². The predicted octanol–water partition coefficient (Wildman–Crippen LogP) is 2.45. The normalized spacial score (nSPS) is 9.83.